The Morgan fingerprint density at radius 1 is 1.18 bits per heavy atom. The Morgan fingerprint density at radius 3 is 2.57 bits per heavy atom. The van der Waals surface area contributed by atoms with Gasteiger partial charge in [0.15, 0.2) is 0 Å². The van der Waals surface area contributed by atoms with Crippen molar-refractivity contribution in [2.45, 2.75) is 24.9 Å². The number of esters is 1. The number of benzene rings is 1. The van der Waals surface area contributed by atoms with Gasteiger partial charge in [-0.15, -0.1) is 11.3 Å². The van der Waals surface area contributed by atoms with Crippen molar-refractivity contribution < 1.29 is 19.1 Å². The summed E-state index contributed by atoms with van der Waals surface area (Å²) < 4.78 is 5.41. The van der Waals surface area contributed by atoms with Crippen molar-refractivity contribution in [3.05, 3.63) is 58.3 Å². The van der Waals surface area contributed by atoms with Crippen molar-refractivity contribution in [1.82, 2.24) is 10.2 Å². The number of thiophene rings is 1. The Labute approximate surface area is 167 Å². The van der Waals surface area contributed by atoms with E-state index in [4.69, 9.17) is 4.74 Å². The van der Waals surface area contributed by atoms with Crippen molar-refractivity contribution in [1.29, 1.82) is 0 Å². The zero-order chi connectivity index (χ0) is 19.9. The van der Waals surface area contributed by atoms with Crippen LogP contribution in [0, 0.1) is 11.8 Å². The molecule has 0 saturated carbocycles. The molecule has 1 aromatic heterocycles. The maximum Gasteiger partial charge on any atom is 0.327 e. The molecule has 0 bridgehead atoms. The largest absolute Gasteiger partial charge is 0.465 e. The molecule has 2 saturated heterocycles. The quantitative estimate of drug-likeness (QED) is 0.617. The minimum absolute atomic E-state index is 0.204. The number of hydrogen-bond donors (Lipinski definition) is 1. The van der Waals surface area contributed by atoms with E-state index in [0.717, 1.165) is 15.3 Å². The monoisotopic (exact) mass is 398 g/mol. The fourth-order valence-electron chi connectivity index (χ4n) is 4.46. The van der Waals surface area contributed by atoms with Gasteiger partial charge in [0, 0.05) is 18.3 Å². The van der Waals surface area contributed by atoms with Gasteiger partial charge in [0.1, 0.15) is 5.54 Å². The van der Waals surface area contributed by atoms with Crippen LogP contribution in [-0.2, 0) is 25.5 Å². The van der Waals surface area contributed by atoms with E-state index in [1.54, 1.807) is 6.92 Å². The molecule has 6 nitrogen and oxygen atoms in total. The molecule has 28 heavy (non-hydrogen) atoms. The summed E-state index contributed by atoms with van der Waals surface area (Å²) >= 11 is 1.51. The van der Waals surface area contributed by atoms with Crippen molar-refractivity contribution >= 4 is 29.1 Å². The van der Waals surface area contributed by atoms with Gasteiger partial charge in [0.05, 0.1) is 24.5 Å². The van der Waals surface area contributed by atoms with Gasteiger partial charge in [-0.1, -0.05) is 36.4 Å². The third-order valence-electron chi connectivity index (χ3n) is 5.69. The maximum absolute atomic E-state index is 13.2. The smallest absolute Gasteiger partial charge is 0.327 e. The summed E-state index contributed by atoms with van der Waals surface area (Å²) in [5.41, 5.74) is -0.378. The van der Waals surface area contributed by atoms with Crippen molar-refractivity contribution in [3.8, 4) is 0 Å². The first-order valence-corrected chi connectivity index (χ1v) is 10.2. The van der Waals surface area contributed by atoms with Gasteiger partial charge in [-0.3, -0.25) is 24.6 Å². The summed E-state index contributed by atoms with van der Waals surface area (Å²) in [6.07, 6.45) is 0.280. The fourth-order valence-corrected chi connectivity index (χ4v) is 5.28. The first kappa shape index (κ1) is 18.8. The summed E-state index contributed by atoms with van der Waals surface area (Å²) in [4.78, 5) is 41.4. The Balaban J connectivity index is 1.85. The number of carbonyl (C=O) groups is 3. The summed E-state index contributed by atoms with van der Waals surface area (Å²) in [7, 11) is 1.49. The molecule has 7 heteroatoms. The van der Waals surface area contributed by atoms with E-state index in [9.17, 15) is 14.4 Å². The van der Waals surface area contributed by atoms with Crippen LogP contribution in [0.2, 0.25) is 0 Å². The Hall–Kier alpha value is -2.51. The van der Waals surface area contributed by atoms with Crippen LogP contribution in [0.15, 0.2) is 47.8 Å². The van der Waals surface area contributed by atoms with Crippen LogP contribution in [0.5, 0.6) is 0 Å². The number of likely N-dealkylation sites (tertiary alicyclic amines) is 1. The van der Waals surface area contributed by atoms with E-state index < -0.39 is 29.4 Å². The van der Waals surface area contributed by atoms with Crippen LogP contribution in [-0.4, -0.2) is 41.9 Å². The average Bonchev–Trinajstić information content (AvgIpc) is 3.38. The van der Waals surface area contributed by atoms with Gasteiger partial charge in [-0.25, -0.2) is 0 Å². The molecule has 146 valence electrons. The third-order valence-corrected chi connectivity index (χ3v) is 6.65. The second-order valence-corrected chi connectivity index (χ2v) is 8.21. The lowest BCUT2D eigenvalue weighted by molar-refractivity contribution is -0.156. The highest BCUT2D eigenvalue weighted by atomic mass is 32.1. The Morgan fingerprint density at radius 2 is 1.93 bits per heavy atom. The first-order chi connectivity index (χ1) is 13.5. The van der Waals surface area contributed by atoms with Gasteiger partial charge < -0.3 is 4.74 Å². The molecule has 1 N–H and O–H groups in total. The van der Waals surface area contributed by atoms with Gasteiger partial charge in [0.25, 0.3) is 0 Å². The minimum Gasteiger partial charge on any atom is -0.465 e. The second-order valence-electron chi connectivity index (χ2n) is 7.23. The van der Waals surface area contributed by atoms with E-state index in [1.807, 2.05) is 47.8 Å². The molecule has 0 unspecified atom stereocenters. The van der Waals surface area contributed by atoms with E-state index in [1.165, 1.54) is 18.4 Å². The first-order valence-electron chi connectivity index (χ1n) is 9.33. The fraction of sp³-hybridized carbons (Fsp3) is 0.381. The highest BCUT2D eigenvalue weighted by molar-refractivity contribution is 7.10. The van der Waals surface area contributed by atoms with Gasteiger partial charge >= 0.3 is 5.97 Å². The number of fused-ring (bicyclic) bond motifs is 1. The lowest BCUT2D eigenvalue weighted by Crippen LogP contribution is -2.57. The number of imide groups is 1. The number of amides is 2. The molecule has 2 aliphatic heterocycles. The standard InChI is InChI=1S/C21H22N2O4S/c1-3-27-20(26)21(12-13-8-5-4-6-9-13)16-15(18(24)23(2)19(16)25)17(22-21)14-10-7-11-28-14/h4-11,15-17,22H,3,12H2,1-2H3/t15-,16+,17-,21-/m0/s1. The Kier molecular flexibility index (Phi) is 4.81. The molecule has 2 aromatic rings. The van der Waals surface area contributed by atoms with Crippen LogP contribution in [0.25, 0.3) is 0 Å². The van der Waals surface area contributed by atoms with Gasteiger partial charge in [-0.05, 0) is 23.9 Å². The predicted molar refractivity (Wildman–Crippen MR) is 104 cm³/mol. The van der Waals surface area contributed by atoms with Crippen LogP contribution in [0.1, 0.15) is 23.4 Å². The van der Waals surface area contributed by atoms with Crippen LogP contribution in [0.3, 0.4) is 0 Å². The van der Waals surface area contributed by atoms with E-state index in [0.29, 0.717) is 0 Å². The molecule has 1 aromatic carbocycles. The maximum atomic E-state index is 13.2. The highest BCUT2D eigenvalue weighted by Gasteiger charge is 2.68. The van der Waals surface area contributed by atoms with Crippen LogP contribution >= 0.6 is 11.3 Å². The SMILES string of the molecule is CCOC(=O)[C@@]1(Cc2ccccc2)N[C@@H](c2cccs2)[C@H]2C(=O)N(C)C(=O)[C@@H]21. The lowest BCUT2D eigenvalue weighted by atomic mass is 9.76. The number of nitrogens with zero attached hydrogens (tertiary/aromatic N) is 1. The molecule has 4 rings (SSSR count). The zero-order valence-corrected chi connectivity index (χ0v) is 16.6. The van der Waals surface area contributed by atoms with Crippen molar-refractivity contribution in [2.24, 2.45) is 11.8 Å². The number of ether oxygens (including phenoxy) is 1. The molecular weight excluding hydrogens is 376 g/mol. The molecule has 0 aliphatic carbocycles. The normalized spacial score (nSPS) is 29.2. The van der Waals surface area contributed by atoms with Gasteiger partial charge in [-0.2, -0.15) is 0 Å². The lowest BCUT2D eigenvalue weighted by Gasteiger charge is -2.32. The molecular formula is C21H22N2O4S. The second kappa shape index (κ2) is 7.14. The molecule has 2 fully saturated rings. The van der Waals surface area contributed by atoms with E-state index in [-0.39, 0.29) is 24.8 Å². The number of rotatable bonds is 5. The van der Waals surface area contributed by atoms with Crippen LogP contribution in [0.4, 0.5) is 0 Å². The van der Waals surface area contributed by atoms with Gasteiger partial charge in [0.2, 0.25) is 11.8 Å². The minimum atomic E-state index is -1.28. The molecule has 3 heterocycles. The highest BCUT2D eigenvalue weighted by Crippen LogP contribution is 2.50. The predicted octanol–water partition coefficient (Wildman–Crippen LogP) is 2.17. The summed E-state index contributed by atoms with van der Waals surface area (Å²) in [6, 6.07) is 13.0. The van der Waals surface area contributed by atoms with E-state index in [2.05, 4.69) is 5.32 Å². The summed E-state index contributed by atoms with van der Waals surface area (Å²) in [5, 5.41) is 5.32. The topological polar surface area (TPSA) is 75.7 Å². The molecule has 4 atom stereocenters. The average molecular weight is 398 g/mol. The number of hydrogen-bond acceptors (Lipinski definition) is 6. The third kappa shape index (κ3) is 2.77. The zero-order valence-electron chi connectivity index (χ0n) is 15.8. The molecule has 0 spiro atoms. The van der Waals surface area contributed by atoms with Crippen molar-refractivity contribution in [3.63, 3.8) is 0 Å². The Bertz CT molecular complexity index is 898. The summed E-state index contributed by atoms with van der Waals surface area (Å²) in [5.74, 6) is -2.48. The molecule has 2 aliphatic rings. The summed E-state index contributed by atoms with van der Waals surface area (Å²) in [6.45, 7) is 1.95. The molecule has 0 radical (unpaired) electrons. The molecule has 2 amide bonds. The number of carbonyl (C=O) groups excluding carboxylic acids is 3. The van der Waals surface area contributed by atoms with Crippen LogP contribution < -0.4 is 5.32 Å². The van der Waals surface area contributed by atoms with E-state index >= 15 is 0 Å². The number of nitrogens with one attached hydrogen (secondary N) is 1. The van der Waals surface area contributed by atoms with Crippen molar-refractivity contribution in [2.75, 3.05) is 13.7 Å².